The fourth-order valence-electron chi connectivity index (χ4n) is 4.58. The van der Waals surface area contributed by atoms with Crippen molar-refractivity contribution in [3.8, 4) is 22.6 Å². The van der Waals surface area contributed by atoms with E-state index >= 15 is 0 Å². The van der Waals surface area contributed by atoms with Crippen molar-refractivity contribution in [3.05, 3.63) is 107 Å². The zero-order valence-corrected chi connectivity index (χ0v) is 22.5. The number of rotatable bonds is 6. The summed E-state index contributed by atoms with van der Waals surface area (Å²) in [6.07, 6.45) is 5.37. The van der Waals surface area contributed by atoms with Gasteiger partial charge in [-0.2, -0.15) is 5.10 Å². The van der Waals surface area contributed by atoms with Crippen LogP contribution < -0.4 is 10.6 Å². The largest absolute Gasteiger partial charge is 0.324 e. The number of carbonyl (C=O) groups is 1. The van der Waals surface area contributed by atoms with E-state index in [1.165, 1.54) is 29.5 Å². The van der Waals surface area contributed by atoms with Gasteiger partial charge in [0.1, 0.15) is 11.5 Å². The average molecular weight is 581 g/mol. The van der Waals surface area contributed by atoms with Crippen LogP contribution in [-0.2, 0) is 0 Å². The van der Waals surface area contributed by atoms with Crippen LogP contribution in [0.15, 0.2) is 90.7 Å². The number of amides is 1. The molecule has 0 aliphatic carbocycles. The molecule has 0 aliphatic rings. The highest BCUT2D eigenvalue weighted by Crippen LogP contribution is 2.35. The number of nitrogens with one attached hydrogen (secondary N) is 3. The van der Waals surface area contributed by atoms with E-state index < -0.39 is 11.7 Å². The summed E-state index contributed by atoms with van der Waals surface area (Å²) in [5.74, 6) is -0.915. The zero-order chi connectivity index (χ0) is 27.9. The number of thiazole rings is 1. The highest BCUT2D eigenvalue weighted by Gasteiger charge is 2.20. The van der Waals surface area contributed by atoms with E-state index in [4.69, 9.17) is 21.6 Å². The second-order valence-corrected chi connectivity index (χ2v) is 10.3. The van der Waals surface area contributed by atoms with Gasteiger partial charge in [0.15, 0.2) is 4.96 Å². The van der Waals surface area contributed by atoms with Crippen molar-refractivity contribution in [2.45, 2.75) is 0 Å². The van der Waals surface area contributed by atoms with Gasteiger partial charge in [0.05, 0.1) is 33.7 Å². The van der Waals surface area contributed by atoms with E-state index in [0.717, 1.165) is 32.8 Å². The summed E-state index contributed by atoms with van der Waals surface area (Å²) < 4.78 is 16.3. The van der Waals surface area contributed by atoms with Gasteiger partial charge in [-0.1, -0.05) is 29.8 Å². The Labute approximate surface area is 240 Å². The van der Waals surface area contributed by atoms with Crippen LogP contribution in [-0.4, -0.2) is 35.5 Å². The molecule has 0 spiro atoms. The molecule has 200 valence electrons. The first-order valence-corrected chi connectivity index (χ1v) is 13.6. The number of hydrogen-bond donors (Lipinski definition) is 3. The maximum atomic E-state index is 14.3. The molecule has 1 amide bonds. The van der Waals surface area contributed by atoms with Crippen molar-refractivity contribution in [2.24, 2.45) is 0 Å². The molecule has 3 N–H and O–H groups in total. The van der Waals surface area contributed by atoms with Crippen molar-refractivity contribution in [3.63, 3.8) is 0 Å². The molecule has 0 radical (unpaired) electrons. The first kappa shape index (κ1) is 24.9. The monoisotopic (exact) mass is 580 g/mol. The molecule has 0 saturated carbocycles. The van der Waals surface area contributed by atoms with Gasteiger partial charge in [-0.05, 0) is 48.5 Å². The Morgan fingerprint density at radius 3 is 2.83 bits per heavy atom. The number of halogens is 2. The van der Waals surface area contributed by atoms with Gasteiger partial charge < -0.3 is 10.6 Å². The fourth-order valence-corrected chi connectivity index (χ4v) is 5.55. The van der Waals surface area contributed by atoms with Crippen molar-refractivity contribution in [1.29, 1.82) is 0 Å². The summed E-state index contributed by atoms with van der Waals surface area (Å²) >= 11 is 7.58. The minimum Gasteiger partial charge on any atom is -0.324 e. The Morgan fingerprint density at radius 1 is 1.02 bits per heavy atom. The smallest absolute Gasteiger partial charge is 0.260 e. The number of anilines is 3. The molecule has 9 nitrogen and oxygen atoms in total. The van der Waals surface area contributed by atoms with E-state index in [-0.39, 0.29) is 10.6 Å². The molecule has 0 aliphatic heterocycles. The van der Waals surface area contributed by atoms with Gasteiger partial charge in [-0.3, -0.25) is 14.3 Å². The number of aromatic amines is 1. The normalized spacial score (nSPS) is 11.3. The van der Waals surface area contributed by atoms with Gasteiger partial charge in [-0.25, -0.2) is 19.3 Å². The third-order valence-electron chi connectivity index (χ3n) is 6.44. The highest BCUT2D eigenvalue weighted by molar-refractivity contribution is 7.15. The Balaban J connectivity index is 1.24. The van der Waals surface area contributed by atoms with Crippen LogP contribution in [0.4, 0.5) is 21.7 Å². The van der Waals surface area contributed by atoms with Gasteiger partial charge in [0.2, 0.25) is 5.95 Å². The fraction of sp³-hybridized carbons (Fsp3) is 0. The number of nitrogens with zero attached hydrogens (tertiary/aromatic N) is 5. The minimum absolute atomic E-state index is 0.0353. The molecule has 0 atom stereocenters. The molecule has 12 heteroatoms. The summed E-state index contributed by atoms with van der Waals surface area (Å²) in [4.78, 5) is 27.7. The van der Waals surface area contributed by atoms with E-state index in [2.05, 4.69) is 25.8 Å². The third-order valence-corrected chi connectivity index (χ3v) is 7.51. The molecule has 0 unspecified atom stereocenters. The predicted octanol–water partition coefficient (Wildman–Crippen LogP) is 7.18. The molecule has 0 fully saturated rings. The van der Waals surface area contributed by atoms with E-state index in [1.807, 2.05) is 46.3 Å². The van der Waals surface area contributed by atoms with Crippen LogP contribution in [0.2, 0.25) is 5.02 Å². The van der Waals surface area contributed by atoms with Crippen LogP contribution in [0, 0.1) is 5.82 Å². The van der Waals surface area contributed by atoms with Gasteiger partial charge in [0.25, 0.3) is 5.91 Å². The first-order chi connectivity index (χ1) is 20.0. The lowest BCUT2D eigenvalue weighted by Crippen LogP contribution is -2.14. The standard InChI is InChI=1S/C29H18ClFN8OS/c30-20-5-2-6-21(31)24(20)27(40)34-18-4-1-3-16(13-18)25-26(39-11-12-41-29(39)37-25)23-9-10-32-28(36-23)35-19-7-8-22-17(14-19)15-33-38-22/h1-15H,(H,33,38)(H,34,40)(H,32,35,36). The molecule has 4 aromatic heterocycles. The Bertz CT molecular complexity index is 2060. The summed E-state index contributed by atoms with van der Waals surface area (Å²) in [5.41, 5.74) is 4.84. The Kier molecular flexibility index (Phi) is 6.14. The SMILES string of the molecule is O=C(Nc1cccc(-c2nc3sccn3c2-c2ccnc(Nc3ccc4[nH]ncc4c3)n2)c1)c1c(F)cccc1Cl. The van der Waals surface area contributed by atoms with Gasteiger partial charge >= 0.3 is 0 Å². The number of carbonyl (C=O) groups excluding carboxylic acids is 1. The molecular weight excluding hydrogens is 563 g/mol. The molecule has 7 aromatic rings. The third kappa shape index (κ3) is 4.66. The number of imidazole rings is 1. The summed E-state index contributed by atoms with van der Waals surface area (Å²) in [7, 11) is 0. The maximum Gasteiger partial charge on any atom is 0.260 e. The van der Waals surface area contributed by atoms with Crippen molar-refractivity contribution in [1.82, 2.24) is 29.5 Å². The minimum atomic E-state index is -0.694. The Hall–Kier alpha value is -5.13. The predicted molar refractivity (Wildman–Crippen MR) is 158 cm³/mol. The van der Waals surface area contributed by atoms with E-state index in [0.29, 0.717) is 23.0 Å². The number of fused-ring (bicyclic) bond motifs is 2. The molecule has 3 aromatic carbocycles. The molecule has 0 saturated heterocycles. The molecule has 41 heavy (non-hydrogen) atoms. The van der Waals surface area contributed by atoms with Crippen molar-refractivity contribution in [2.75, 3.05) is 10.6 Å². The second kappa shape index (κ2) is 10.1. The Morgan fingerprint density at radius 2 is 1.93 bits per heavy atom. The number of benzene rings is 3. The van der Waals surface area contributed by atoms with Crippen LogP contribution in [0.5, 0.6) is 0 Å². The van der Waals surface area contributed by atoms with Crippen molar-refractivity contribution >= 4 is 62.0 Å². The first-order valence-electron chi connectivity index (χ1n) is 12.4. The summed E-state index contributed by atoms with van der Waals surface area (Å²) in [6.45, 7) is 0. The summed E-state index contributed by atoms with van der Waals surface area (Å²) in [5, 5.41) is 16.0. The van der Waals surface area contributed by atoms with Gasteiger partial charge in [-0.15, -0.1) is 11.3 Å². The van der Waals surface area contributed by atoms with Gasteiger partial charge in [0, 0.05) is 40.1 Å². The number of hydrogen-bond acceptors (Lipinski definition) is 7. The van der Waals surface area contributed by atoms with E-state index in [1.54, 1.807) is 30.6 Å². The molecule has 0 bridgehead atoms. The molecular formula is C29H18ClFN8OS. The zero-order valence-electron chi connectivity index (χ0n) is 21.0. The number of H-pyrrole nitrogens is 1. The van der Waals surface area contributed by atoms with Crippen LogP contribution in [0.1, 0.15) is 10.4 Å². The average Bonchev–Trinajstić information content (AvgIpc) is 3.69. The van der Waals surface area contributed by atoms with E-state index in [9.17, 15) is 9.18 Å². The quantitative estimate of drug-likeness (QED) is 0.192. The highest BCUT2D eigenvalue weighted by atomic mass is 35.5. The van der Waals surface area contributed by atoms with Crippen molar-refractivity contribution < 1.29 is 9.18 Å². The lowest BCUT2D eigenvalue weighted by Gasteiger charge is -2.10. The second-order valence-electron chi connectivity index (χ2n) is 9.06. The summed E-state index contributed by atoms with van der Waals surface area (Å²) in [6, 6.07) is 18.9. The van der Waals surface area contributed by atoms with Crippen LogP contribution in [0.25, 0.3) is 38.5 Å². The lowest BCUT2D eigenvalue weighted by molar-refractivity contribution is 0.102. The topological polar surface area (TPSA) is 113 Å². The molecule has 4 heterocycles. The lowest BCUT2D eigenvalue weighted by atomic mass is 10.1. The van der Waals surface area contributed by atoms with Crippen LogP contribution >= 0.6 is 22.9 Å². The maximum absolute atomic E-state index is 14.3. The molecule has 7 rings (SSSR count). The number of aromatic nitrogens is 6. The van der Waals surface area contributed by atoms with Crippen LogP contribution in [0.3, 0.4) is 0 Å².